The molecule has 0 saturated carbocycles. The zero-order valence-corrected chi connectivity index (χ0v) is 16.3. The van der Waals surface area contributed by atoms with Crippen LogP contribution in [0.2, 0.25) is 0 Å². The molecule has 1 saturated heterocycles. The third kappa shape index (κ3) is 3.11. The van der Waals surface area contributed by atoms with Gasteiger partial charge in [0.1, 0.15) is 17.3 Å². The molecule has 2 heterocycles. The number of benzene rings is 2. The quantitative estimate of drug-likeness (QED) is 0.682. The van der Waals surface area contributed by atoms with E-state index >= 15 is 0 Å². The molecule has 0 bridgehead atoms. The van der Waals surface area contributed by atoms with Crippen molar-refractivity contribution in [3.63, 3.8) is 0 Å². The van der Waals surface area contributed by atoms with Crippen LogP contribution in [-0.2, 0) is 0 Å². The minimum absolute atomic E-state index is 0.0326. The molecule has 144 valence electrons. The number of aryl methyl sites for hydroxylation is 1. The normalized spacial score (nSPS) is 13.9. The Morgan fingerprint density at radius 2 is 1.82 bits per heavy atom. The molecule has 3 aromatic rings. The molecule has 1 aliphatic rings. The fourth-order valence-corrected chi connectivity index (χ4v) is 3.64. The van der Waals surface area contributed by atoms with Crippen molar-refractivity contribution in [1.29, 1.82) is 0 Å². The Labute approximate surface area is 164 Å². The number of aromatic nitrogens is 2. The lowest BCUT2D eigenvalue weighted by Crippen LogP contribution is -2.51. The molecule has 1 amide bonds. The SMILES string of the molecule is COc1ccc(C(=O)N2CC(n3c(C)cnc3-c3ccccc3)C2)c(OC)c1. The first-order valence-corrected chi connectivity index (χ1v) is 9.23. The van der Waals surface area contributed by atoms with Gasteiger partial charge in [0.15, 0.2) is 0 Å². The van der Waals surface area contributed by atoms with Crippen LogP contribution in [0.15, 0.2) is 54.7 Å². The van der Waals surface area contributed by atoms with Crippen LogP contribution in [0.5, 0.6) is 11.5 Å². The lowest BCUT2D eigenvalue weighted by molar-refractivity contribution is 0.0517. The Kier molecular flexibility index (Phi) is 4.77. The Morgan fingerprint density at radius 1 is 1.07 bits per heavy atom. The highest BCUT2D eigenvalue weighted by Gasteiger charge is 2.35. The number of amides is 1. The van der Waals surface area contributed by atoms with Gasteiger partial charge in [-0.25, -0.2) is 4.98 Å². The van der Waals surface area contributed by atoms with Gasteiger partial charge >= 0.3 is 0 Å². The van der Waals surface area contributed by atoms with Crippen LogP contribution in [0.25, 0.3) is 11.4 Å². The van der Waals surface area contributed by atoms with Crippen LogP contribution in [0.4, 0.5) is 0 Å². The highest BCUT2D eigenvalue weighted by atomic mass is 16.5. The van der Waals surface area contributed by atoms with Crippen LogP contribution in [0, 0.1) is 6.92 Å². The van der Waals surface area contributed by atoms with Gasteiger partial charge in [-0.2, -0.15) is 0 Å². The Hall–Kier alpha value is -3.28. The fraction of sp³-hybridized carbons (Fsp3) is 0.273. The Balaban J connectivity index is 1.53. The molecule has 0 atom stereocenters. The summed E-state index contributed by atoms with van der Waals surface area (Å²) in [7, 11) is 3.15. The second kappa shape index (κ2) is 7.38. The minimum Gasteiger partial charge on any atom is -0.497 e. The van der Waals surface area contributed by atoms with Crippen LogP contribution in [-0.4, -0.2) is 47.7 Å². The minimum atomic E-state index is -0.0326. The van der Waals surface area contributed by atoms with Crippen molar-refractivity contribution in [2.75, 3.05) is 27.3 Å². The molecule has 0 unspecified atom stereocenters. The monoisotopic (exact) mass is 377 g/mol. The number of hydrogen-bond donors (Lipinski definition) is 0. The number of rotatable bonds is 5. The molecular weight excluding hydrogens is 354 g/mol. The lowest BCUT2D eigenvalue weighted by Gasteiger charge is -2.41. The summed E-state index contributed by atoms with van der Waals surface area (Å²) in [6.45, 7) is 3.34. The van der Waals surface area contributed by atoms with Crippen LogP contribution < -0.4 is 9.47 Å². The second-order valence-electron chi connectivity index (χ2n) is 6.89. The average Bonchev–Trinajstić information content (AvgIpc) is 3.08. The summed E-state index contributed by atoms with van der Waals surface area (Å²) >= 11 is 0. The van der Waals surface area contributed by atoms with Crippen LogP contribution in [0.3, 0.4) is 0 Å². The van der Waals surface area contributed by atoms with E-state index in [9.17, 15) is 4.79 Å². The lowest BCUT2D eigenvalue weighted by atomic mass is 10.0. The van der Waals surface area contributed by atoms with Crippen molar-refractivity contribution in [1.82, 2.24) is 14.5 Å². The molecule has 1 aromatic heterocycles. The molecule has 0 spiro atoms. The van der Waals surface area contributed by atoms with E-state index in [1.807, 2.05) is 29.3 Å². The predicted molar refractivity (Wildman–Crippen MR) is 107 cm³/mol. The van der Waals surface area contributed by atoms with Crippen molar-refractivity contribution in [2.45, 2.75) is 13.0 Å². The summed E-state index contributed by atoms with van der Waals surface area (Å²) in [6, 6.07) is 15.6. The van der Waals surface area contributed by atoms with Crippen molar-refractivity contribution >= 4 is 5.91 Å². The molecule has 2 aromatic carbocycles. The van der Waals surface area contributed by atoms with Gasteiger partial charge in [-0.15, -0.1) is 0 Å². The van der Waals surface area contributed by atoms with Crippen LogP contribution in [0.1, 0.15) is 22.1 Å². The molecular formula is C22H23N3O3. The van der Waals surface area contributed by atoms with Crippen molar-refractivity contribution < 1.29 is 14.3 Å². The van der Waals surface area contributed by atoms with E-state index in [4.69, 9.17) is 9.47 Å². The van der Waals surface area contributed by atoms with Gasteiger partial charge in [0.05, 0.1) is 25.8 Å². The number of hydrogen-bond acceptors (Lipinski definition) is 4. The maximum atomic E-state index is 12.9. The topological polar surface area (TPSA) is 56.6 Å². The average molecular weight is 377 g/mol. The summed E-state index contributed by atoms with van der Waals surface area (Å²) < 4.78 is 12.8. The van der Waals surface area contributed by atoms with E-state index in [0.29, 0.717) is 30.2 Å². The Bertz CT molecular complexity index is 992. The Morgan fingerprint density at radius 3 is 2.50 bits per heavy atom. The molecule has 0 aliphatic carbocycles. The van der Waals surface area contributed by atoms with Gasteiger partial charge in [-0.05, 0) is 19.1 Å². The summed E-state index contributed by atoms with van der Waals surface area (Å²) in [5.41, 5.74) is 2.72. The molecule has 28 heavy (non-hydrogen) atoms. The van der Waals surface area contributed by atoms with E-state index in [1.54, 1.807) is 32.4 Å². The van der Waals surface area contributed by atoms with E-state index < -0.39 is 0 Å². The predicted octanol–water partition coefficient (Wildman–Crippen LogP) is 3.57. The number of nitrogens with zero attached hydrogens (tertiary/aromatic N) is 3. The molecule has 6 nitrogen and oxygen atoms in total. The third-order valence-corrected chi connectivity index (χ3v) is 5.17. The molecule has 0 radical (unpaired) electrons. The highest BCUT2D eigenvalue weighted by molar-refractivity contribution is 5.97. The van der Waals surface area contributed by atoms with E-state index in [-0.39, 0.29) is 11.9 Å². The zero-order chi connectivity index (χ0) is 19.7. The number of methoxy groups -OCH3 is 2. The van der Waals surface area contributed by atoms with Gasteiger partial charge in [-0.1, -0.05) is 30.3 Å². The molecule has 1 fully saturated rings. The summed E-state index contributed by atoms with van der Waals surface area (Å²) in [6.07, 6.45) is 1.89. The van der Waals surface area contributed by atoms with Gasteiger partial charge in [-0.3, -0.25) is 4.79 Å². The smallest absolute Gasteiger partial charge is 0.257 e. The number of imidazole rings is 1. The van der Waals surface area contributed by atoms with E-state index in [1.165, 1.54) is 0 Å². The first-order chi connectivity index (χ1) is 13.6. The number of likely N-dealkylation sites (tertiary alicyclic amines) is 1. The van der Waals surface area contributed by atoms with Crippen LogP contribution >= 0.6 is 0 Å². The van der Waals surface area contributed by atoms with Crippen molar-refractivity contribution in [2.24, 2.45) is 0 Å². The first kappa shape index (κ1) is 18.1. The largest absolute Gasteiger partial charge is 0.497 e. The standard InChI is InChI=1S/C22H23N3O3/c1-15-12-23-21(16-7-5-4-6-8-16)25(15)17-13-24(14-17)22(26)19-10-9-18(27-2)11-20(19)28-3/h4-12,17H,13-14H2,1-3H3. The maximum absolute atomic E-state index is 12.9. The molecule has 4 rings (SSSR count). The first-order valence-electron chi connectivity index (χ1n) is 9.23. The molecule has 0 N–H and O–H groups in total. The molecule has 1 aliphatic heterocycles. The van der Waals surface area contributed by atoms with Gasteiger partial charge in [0.2, 0.25) is 0 Å². The maximum Gasteiger partial charge on any atom is 0.257 e. The number of ether oxygens (including phenoxy) is 2. The zero-order valence-electron chi connectivity index (χ0n) is 16.3. The summed E-state index contributed by atoms with van der Waals surface area (Å²) in [4.78, 5) is 19.4. The van der Waals surface area contributed by atoms with Crippen molar-refractivity contribution in [3.8, 4) is 22.9 Å². The summed E-state index contributed by atoms with van der Waals surface area (Å²) in [5, 5.41) is 0. The van der Waals surface area contributed by atoms with E-state index in [0.717, 1.165) is 17.1 Å². The second-order valence-corrected chi connectivity index (χ2v) is 6.89. The van der Waals surface area contributed by atoms with Gasteiger partial charge in [0, 0.05) is 36.6 Å². The highest BCUT2D eigenvalue weighted by Crippen LogP contribution is 2.32. The fourth-order valence-electron chi connectivity index (χ4n) is 3.64. The summed E-state index contributed by atoms with van der Waals surface area (Å²) in [5.74, 6) is 2.10. The molecule has 6 heteroatoms. The number of carbonyl (C=O) groups excluding carboxylic acids is 1. The van der Waals surface area contributed by atoms with Gasteiger partial charge < -0.3 is 18.9 Å². The van der Waals surface area contributed by atoms with Gasteiger partial charge in [0.25, 0.3) is 5.91 Å². The number of carbonyl (C=O) groups is 1. The van der Waals surface area contributed by atoms with Crippen molar-refractivity contribution in [3.05, 3.63) is 66.0 Å². The van der Waals surface area contributed by atoms with E-state index in [2.05, 4.69) is 28.6 Å². The third-order valence-electron chi connectivity index (χ3n) is 5.17.